The van der Waals surface area contributed by atoms with Gasteiger partial charge in [-0.15, -0.1) is 0 Å². The van der Waals surface area contributed by atoms with E-state index in [1.165, 1.54) is 12.3 Å². The molecule has 30 heavy (non-hydrogen) atoms. The summed E-state index contributed by atoms with van der Waals surface area (Å²) in [7, 11) is 1.55. The van der Waals surface area contributed by atoms with Gasteiger partial charge >= 0.3 is 0 Å². The number of imide groups is 1. The summed E-state index contributed by atoms with van der Waals surface area (Å²) in [5.41, 5.74) is 1.28. The van der Waals surface area contributed by atoms with Crippen molar-refractivity contribution in [3.63, 3.8) is 0 Å². The van der Waals surface area contributed by atoms with Crippen LogP contribution in [0.2, 0.25) is 10.0 Å². The smallest absolute Gasteiger partial charge is 0.278 e. The Bertz CT molecular complexity index is 1160. The van der Waals surface area contributed by atoms with Gasteiger partial charge in [0.1, 0.15) is 17.2 Å². The number of methoxy groups -OCH3 is 1. The number of halogens is 2. The second kappa shape index (κ2) is 8.26. The first-order chi connectivity index (χ1) is 14.5. The average Bonchev–Trinajstić information content (AvgIpc) is 3.32. The van der Waals surface area contributed by atoms with Crippen LogP contribution in [0.25, 0.3) is 5.57 Å². The van der Waals surface area contributed by atoms with Gasteiger partial charge in [0.25, 0.3) is 11.8 Å². The molecule has 0 aliphatic carbocycles. The first kappa shape index (κ1) is 20.1. The van der Waals surface area contributed by atoms with Gasteiger partial charge in [-0.1, -0.05) is 35.3 Å². The Kier molecular flexibility index (Phi) is 5.53. The lowest BCUT2D eigenvalue weighted by Crippen LogP contribution is -2.31. The molecule has 0 saturated carbocycles. The van der Waals surface area contributed by atoms with E-state index in [9.17, 15) is 9.59 Å². The molecule has 2 heterocycles. The maximum Gasteiger partial charge on any atom is 0.278 e. The number of amides is 2. The van der Waals surface area contributed by atoms with Gasteiger partial charge in [-0.25, -0.2) is 0 Å². The van der Waals surface area contributed by atoms with Gasteiger partial charge in [0.05, 0.1) is 30.5 Å². The van der Waals surface area contributed by atoms with Crippen molar-refractivity contribution >= 4 is 46.3 Å². The third-order valence-electron chi connectivity index (χ3n) is 4.60. The van der Waals surface area contributed by atoms with Gasteiger partial charge in [-0.2, -0.15) is 0 Å². The fourth-order valence-corrected chi connectivity index (χ4v) is 3.68. The Labute approximate surface area is 182 Å². The first-order valence-corrected chi connectivity index (χ1v) is 9.73. The number of furan rings is 1. The molecule has 1 aliphatic heterocycles. The molecule has 0 atom stereocenters. The van der Waals surface area contributed by atoms with Crippen LogP contribution in [0.4, 0.5) is 5.69 Å². The third-order valence-corrected chi connectivity index (χ3v) is 5.15. The summed E-state index contributed by atoms with van der Waals surface area (Å²) >= 11 is 12.4. The molecule has 4 rings (SSSR count). The summed E-state index contributed by atoms with van der Waals surface area (Å²) in [4.78, 5) is 27.6. The van der Waals surface area contributed by atoms with Crippen LogP contribution in [0.5, 0.6) is 5.75 Å². The SMILES string of the molecule is COc1cccc(NC2=C(c3ccc(Cl)cc3Cl)C(=O)N(Cc3ccco3)C2=O)c1. The van der Waals surface area contributed by atoms with Crippen molar-refractivity contribution in [1.29, 1.82) is 0 Å². The van der Waals surface area contributed by atoms with Gasteiger partial charge in [0, 0.05) is 22.3 Å². The van der Waals surface area contributed by atoms with Gasteiger partial charge in [-0.05, 0) is 36.4 Å². The number of carbonyl (C=O) groups is 2. The zero-order chi connectivity index (χ0) is 21.3. The van der Waals surface area contributed by atoms with Crippen molar-refractivity contribution in [3.8, 4) is 5.75 Å². The number of hydrogen-bond donors (Lipinski definition) is 1. The molecular formula is C22H16Cl2N2O4. The minimum Gasteiger partial charge on any atom is -0.497 e. The predicted octanol–water partition coefficient (Wildman–Crippen LogP) is 4.99. The van der Waals surface area contributed by atoms with Crippen LogP contribution in [0.15, 0.2) is 71.0 Å². The van der Waals surface area contributed by atoms with Gasteiger partial charge in [0.2, 0.25) is 0 Å². The molecule has 1 aromatic heterocycles. The molecule has 0 radical (unpaired) electrons. The zero-order valence-electron chi connectivity index (χ0n) is 15.8. The van der Waals surface area contributed by atoms with E-state index in [2.05, 4.69) is 5.32 Å². The number of nitrogens with one attached hydrogen (secondary N) is 1. The number of benzene rings is 2. The fraction of sp³-hybridized carbons (Fsp3) is 0.0909. The minimum atomic E-state index is -0.486. The fourth-order valence-electron chi connectivity index (χ4n) is 3.18. The van der Waals surface area contributed by atoms with Crippen LogP contribution >= 0.6 is 23.2 Å². The Hall–Kier alpha value is -3.22. The first-order valence-electron chi connectivity index (χ1n) is 8.97. The standard InChI is InChI=1S/C22H16Cl2N2O4/c1-29-15-5-2-4-14(11-15)25-20-19(17-8-7-13(23)10-18(17)24)21(27)26(22(20)28)12-16-6-3-9-30-16/h2-11,25H,12H2,1H3. The van der Waals surface area contributed by atoms with Crippen LogP contribution in [0.3, 0.4) is 0 Å². The second-order valence-electron chi connectivity index (χ2n) is 6.51. The molecule has 2 aromatic carbocycles. The lowest BCUT2D eigenvalue weighted by atomic mass is 10.0. The van der Waals surface area contributed by atoms with Crippen LogP contribution in [-0.2, 0) is 16.1 Å². The summed E-state index contributed by atoms with van der Waals surface area (Å²) in [5.74, 6) is 0.128. The normalized spacial score (nSPS) is 13.9. The van der Waals surface area contributed by atoms with E-state index in [0.29, 0.717) is 27.8 Å². The van der Waals surface area contributed by atoms with Crippen LogP contribution in [-0.4, -0.2) is 23.8 Å². The van der Waals surface area contributed by atoms with E-state index in [4.69, 9.17) is 32.4 Å². The van der Waals surface area contributed by atoms with Crippen molar-refractivity contribution in [2.45, 2.75) is 6.54 Å². The van der Waals surface area contributed by atoms with E-state index in [-0.39, 0.29) is 22.8 Å². The second-order valence-corrected chi connectivity index (χ2v) is 7.35. The highest BCUT2D eigenvalue weighted by Crippen LogP contribution is 2.36. The molecule has 1 aliphatic rings. The lowest BCUT2D eigenvalue weighted by Gasteiger charge is -2.14. The third kappa shape index (κ3) is 3.79. The quantitative estimate of drug-likeness (QED) is 0.544. The van der Waals surface area contributed by atoms with Crippen LogP contribution in [0, 0.1) is 0 Å². The van der Waals surface area contributed by atoms with Crippen molar-refractivity contribution < 1.29 is 18.7 Å². The van der Waals surface area contributed by atoms with Crippen molar-refractivity contribution in [3.05, 3.63) is 87.9 Å². The minimum absolute atomic E-state index is 0.00265. The molecule has 2 amide bonds. The molecule has 1 N–H and O–H groups in total. The maximum atomic E-state index is 13.3. The number of rotatable bonds is 6. The molecule has 3 aromatic rings. The Morgan fingerprint density at radius 1 is 1.03 bits per heavy atom. The highest BCUT2D eigenvalue weighted by atomic mass is 35.5. The molecule has 0 bridgehead atoms. The number of carbonyl (C=O) groups excluding carboxylic acids is 2. The highest BCUT2D eigenvalue weighted by Gasteiger charge is 2.40. The van der Waals surface area contributed by atoms with E-state index in [1.54, 1.807) is 55.6 Å². The summed E-state index contributed by atoms with van der Waals surface area (Å²) in [6.07, 6.45) is 1.49. The largest absolute Gasteiger partial charge is 0.497 e. The summed E-state index contributed by atoms with van der Waals surface area (Å²) in [5, 5.41) is 3.75. The van der Waals surface area contributed by atoms with Crippen LogP contribution < -0.4 is 10.1 Å². The van der Waals surface area contributed by atoms with E-state index in [1.807, 2.05) is 0 Å². The van der Waals surface area contributed by atoms with Crippen molar-refractivity contribution in [2.24, 2.45) is 0 Å². The molecule has 152 valence electrons. The molecule has 8 heteroatoms. The zero-order valence-corrected chi connectivity index (χ0v) is 17.3. The summed E-state index contributed by atoms with van der Waals surface area (Å²) < 4.78 is 10.5. The lowest BCUT2D eigenvalue weighted by molar-refractivity contribution is -0.137. The van der Waals surface area contributed by atoms with Crippen molar-refractivity contribution in [1.82, 2.24) is 4.90 Å². The molecule has 0 spiro atoms. The number of hydrogen-bond acceptors (Lipinski definition) is 5. The Balaban J connectivity index is 1.79. The Morgan fingerprint density at radius 2 is 1.87 bits per heavy atom. The Morgan fingerprint density at radius 3 is 2.57 bits per heavy atom. The van der Waals surface area contributed by atoms with Gasteiger partial charge in [-0.3, -0.25) is 14.5 Å². The van der Waals surface area contributed by atoms with Gasteiger partial charge in [0.15, 0.2) is 0 Å². The predicted molar refractivity (Wildman–Crippen MR) is 114 cm³/mol. The average molecular weight is 443 g/mol. The van der Waals surface area contributed by atoms with Crippen molar-refractivity contribution in [2.75, 3.05) is 12.4 Å². The molecule has 0 fully saturated rings. The summed E-state index contributed by atoms with van der Waals surface area (Å²) in [6, 6.07) is 15.2. The molecule has 0 unspecified atom stereocenters. The van der Waals surface area contributed by atoms with Crippen LogP contribution in [0.1, 0.15) is 11.3 Å². The number of ether oxygens (including phenoxy) is 1. The van der Waals surface area contributed by atoms with Gasteiger partial charge < -0.3 is 14.5 Å². The molecular weight excluding hydrogens is 427 g/mol. The van der Waals surface area contributed by atoms with E-state index < -0.39 is 11.8 Å². The molecule has 6 nitrogen and oxygen atoms in total. The number of nitrogens with zero attached hydrogens (tertiary/aromatic N) is 1. The number of anilines is 1. The maximum absolute atomic E-state index is 13.3. The topological polar surface area (TPSA) is 71.8 Å². The monoisotopic (exact) mass is 442 g/mol. The molecule has 0 saturated heterocycles. The van der Waals surface area contributed by atoms with E-state index >= 15 is 0 Å². The van der Waals surface area contributed by atoms with E-state index in [0.717, 1.165) is 4.90 Å². The highest BCUT2D eigenvalue weighted by molar-refractivity contribution is 6.41. The summed E-state index contributed by atoms with van der Waals surface area (Å²) in [6.45, 7) is 0.00265.